The van der Waals surface area contributed by atoms with Crippen LogP contribution in [0.1, 0.15) is 44.1 Å². The number of nitrogens with zero attached hydrogens (tertiary/aromatic N) is 1. The molecule has 2 fully saturated rings. The number of nitrogens with one attached hydrogen (secondary N) is 1. The maximum atomic E-state index is 11.2. The van der Waals surface area contributed by atoms with Crippen molar-refractivity contribution in [1.29, 1.82) is 0 Å². The molecule has 2 N–H and O–H groups in total. The van der Waals surface area contributed by atoms with Crippen LogP contribution >= 0.6 is 0 Å². The van der Waals surface area contributed by atoms with Crippen LogP contribution in [0.15, 0.2) is 24.3 Å². The third-order valence-electron chi connectivity index (χ3n) is 5.35. The fourth-order valence-electron chi connectivity index (χ4n) is 3.78. The Morgan fingerprint density at radius 3 is 2.52 bits per heavy atom. The van der Waals surface area contributed by atoms with Gasteiger partial charge in [0.2, 0.25) is 0 Å². The molecule has 2 atom stereocenters. The van der Waals surface area contributed by atoms with Gasteiger partial charge in [-0.1, -0.05) is 31.0 Å². The van der Waals surface area contributed by atoms with Crippen molar-refractivity contribution in [2.45, 2.75) is 57.1 Å². The molecule has 1 aromatic carbocycles. The van der Waals surface area contributed by atoms with Gasteiger partial charge in [0.1, 0.15) is 0 Å². The number of nitro groups is 1. The highest BCUT2D eigenvalue weighted by atomic mass is 16.6. The number of hydrogen-bond acceptors (Lipinski definition) is 4. The summed E-state index contributed by atoms with van der Waals surface area (Å²) in [5.74, 6) is 1.01. The SMILES string of the molecule is O=[N+]([O-])c1ccccc1CC(NCC(O)C1CCCC1)C1CC1. The monoisotopic (exact) mass is 318 g/mol. The Hall–Kier alpha value is -1.46. The van der Waals surface area contributed by atoms with Crippen molar-refractivity contribution in [3.8, 4) is 0 Å². The van der Waals surface area contributed by atoms with Gasteiger partial charge >= 0.3 is 0 Å². The first kappa shape index (κ1) is 16.4. The van der Waals surface area contributed by atoms with Gasteiger partial charge in [0, 0.05) is 24.2 Å². The third kappa shape index (κ3) is 4.30. The zero-order chi connectivity index (χ0) is 16.2. The lowest BCUT2D eigenvalue weighted by Crippen LogP contribution is -2.40. The van der Waals surface area contributed by atoms with Gasteiger partial charge in [0.15, 0.2) is 0 Å². The molecule has 126 valence electrons. The van der Waals surface area contributed by atoms with Crippen LogP contribution in [0.2, 0.25) is 0 Å². The smallest absolute Gasteiger partial charge is 0.272 e. The summed E-state index contributed by atoms with van der Waals surface area (Å²) < 4.78 is 0. The highest BCUT2D eigenvalue weighted by Gasteiger charge is 2.33. The number of para-hydroxylation sites is 1. The predicted octanol–water partition coefficient (Wildman–Crippen LogP) is 3.06. The molecule has 3 rings (SSSR count). The molecule has 0 heterocycles. The maximum absolute atomic E-state index is 11.2. The first-order valence-corrected chi connectivity index (χ1v) is 8.79. The van der Waals surface area contributed by atoms with Crippen LogP contribution < -0.4 is 5.32 Å². The van der Waals surface area contributed by atoms with Crippen LogP contribution in [0, 0.1) is 22.0 Å². The number of rotatable bonds is 8. The molecule has 0 bridgehead atoms. The van der Waals surface area contributed by atoms with E-state index in [0.717, 1.165) is 18.4 Å². The van der Waals surface area contributed by atoms with Crippen molar-refractivity contribution in [3.05, 3.63) is 39.9 Å². The number of aliphatic hydroxyl groups excluding tert-OH is 1. The maximum Gasteiger partial charge on any atom is 0.272 e. The molecular formula is C18H26N2O3. The van der Waals surface area contributed by atoms with Crippen molar-refractivity contribution < 1.29 is 10.0 Å². The van der Waals surface area contributed by atoms with E-state index in [-0.39, 0.29) is 22.8 Å². The van der Waals surface area contributed by atoms with E-state index in [2.05, 4.69) is 5.32 Å². The van der Waals surface area contributed by atoms with Crippen LogP contribution in [-0.4, -0.2) is 28.7 Å². The van der Waals surface area contributed by atoms with Gasteiger partial charge < -0.3 is 10.4 Å². The quantitative estimate of drug-likeness (QED) is 0.570. The summed E-state index contributed by atoms with van der Waals surface area (Å²) in [6, 6.07) is 7.23. The van der Waals surface area contributed by atoms with Crippen molar-refractivity contribution in [2.24, 2.45) is 11.8 Å². The van der Waals surface area contributed by atoms with Gasteiger partial charge in [-0.05, 0) is 43.9 Å². The van der Waals surface area contributed by atoms with Crippen molar-refractivity contribution in [1.82, 2.24) is 5.32 Å². The average Bonchev–Trinajstić information content (AvgIpc) is 3.24. The van der Waals surface area contributed by atoms with Gasteiger partial charge in [-0.25, -0.2) is 0 Å². The third-order valence-corrected chi connectivity index (χ3v) is 5.35. The number of hydrogen-bond donors (Lipinski definition) is 2. The fourth-order valence-corrected chi connectivity index (χ4v) is 3.78. The van der Waals surface area contributed by atoms with E-state index >= 15 is 0 Å². The van der Waals surface area contributed by atoms with Crippen LogP contribution in [0.5, 0.6) is 0 Å². The van der Waals surface area contributed by atoms with E-state index in [1.807, 2.05) is 12.1 Å². The van der Waals surface area contributed by atoms with Crippen LogP contribution in [-0.2, 0) is 6.42 Å². The number of nitro benzene ring substituents is 1. The molecule has 2 aliphatic carbocycles. The second-order valence-electron chi connectivity index (χ2n) is 7.05. The molecule has 0 radical (unpaired) electrons. The number of aliphatic hydroxyl groups is 1. The zero-order valence-corrected chi connectivity index (χ0v) is 13.5. The highest BCUT2D eigenvalue weighted by Crippen LogP contribution is 2.35. The lowest BCUT2D eigenvalue weighted by atomic mass is 9.98. The van der Waals surface area contributed by atoms with Crippen LogP contribution in [0.25, 0.3) is 0 Å². The van der Waals surface area contributed by atoms with E-state index in [1.165, 1.54) is 25.7 Å². The summed E-state index contributed by atoms with van der Waals surface area (Å²) in [4.78, 5) is 10.9. The number of benzene rings is 1. The minimum Gasteiger partial charge on any atom is -0.392 e. The molecule has 5 nitrogen and oxygen atoms in total. The van der Waals surface area contributed by atoms with E-state index in [4.69, 9.17) is 0 Å². The summed E-state index contributed by atoms with van der Waals surface area (Å²) in [5, 5.41) is 25.0. The summed E-state index contributed by atoms with van der Waals surface area (Å²) in [6.45, 7) is 0.604. The first-order valence-electron chi connectivity index (χ1n) is 8.79. The molecule has 0 aliphatic heterocycles. The molecule has 1 aromatic rings. The van der Waals surface area contributed by atoms with E-state index in [1.54, 1.807) is 12.1 Å². The second-order valence-corrected chi connectivity index (χ2v) is 7.05. The average molecular weight is 318 g/mol. The van der Waals surface area contributed by atoms with Crippen LogP contribution in [0.4, 0.5) is 5.69 Å². The van der Waals surface area contributed by atoms with E-state index in [0.29, 0.717) is 24.8 Å². The van der Waals surface area contributed by atoms with Crippen LogP contribution in [0.3, 0.4) is 0 Å². The molecule has 2 saturated carbocycles. The Kier molecular flexibility index (Phi) is 5.28. The fraction of sp³-hybridized carbons (Fsp3) is 0.667. The highest BCUT2D eigenvalue weighted by molar-refractivity contribution is 5.40. The molecule has 0 spiro atoms. The van der Waals surface area contributed by atoms with Crippen molar-refractivity contribution in [2.75, 3.05) is 6.54 Å². The lowest BCUT2D eigenvalue weighted by molar-refractivity contribution is -0.385. The molecule has 5 heteroatoms. The van der Waals surface area contributed by atoms with Gasteiger partial charge in [0.25, 0.3) is 5.69 Å². The molecule has 0 aromatic heterocycles. The Labute approximate surface area is 137 Å². The van der Waals surface area contributed by atoms with Crippen molar-refractivity contribution in [3.63, 3.8) is 0 Å². The van der Waals surface area contributed by atoms with Crippen molar-refractivity contribution >= 4 is 5.69 Å². The minimum atomic E-state index is -0.299. The Balaban J connectivity index is 1.60. The summed E-state index contributed by atoms with van der Waals surface area (Å²) in [7, 11) is 0. The first-order chi connectivity index (χ1) is 11.1. The normalized spacial score (nSPS) is 21.3. The van der Waals surface area contributed by atoms with Gasteiger partial charge in [-0.2, -0.15) is 0 Å². The largest absolute Gasteiger partial charge is 0.392 e. The summed E-state index contributed by atoms with van der Waals surface area (Å²) >= 11 is 0. The van der Waals surface area contributed by atoms with E-state index in [9.17, 15) is 15.2 Å². The summed E-state index contributed by atoms with van der Waals surface area (Å²) in [6.07, 6.45) is 7.44. The molecule has 2 aliphatic rings. The minimum absolute atomic E-state index is 0.205. The Morgan fingerprint density at radius 2 is 1.87 bits per heavy atom. The second kappa shape index (κ2) is 7.41. The molecule has 0 amide bonds. The standard InChI is InChI=1S/C18H26N2O3/c21-18(14-5-1-2-6-14)12-19-16(13-9-10-13)11-15-7-3-4-8-17(15)20(22)23/h3-4,7-8,13-14,16,18-19,21H,1-2,5-6,9-12H2. The molecule has 0 saturated heterocycles. The Morgan fingerprint density at radius 1 is 1.17 bits per heavy atom. The molecular weight excluding hydrogens is 292 g/mol. The predicted molar refractivity (Wildman–Crippen MR) is 89.3 cm³/mol. The van der Waals surface area contributed by atoms with Gasteiger partial charge in [0.05, 0.1) is 11.0 Å². The zero-order valence-electron chi connectivity index (χ0n) is 13.5. The van der Waals surface area contributed by atoms with Gasteiger partial charge in [-0.15, -0.1) is 0 Å². The summed E-state index contributed by atoms with van der Waals surface area (Å²) in [5.41, 5.74) is 0.994. The lowest BCUT2D eigenvalue weighted by Gasteiger charge is -2.23. The topological polar surface area (TPSA) is 75.4 Å². The van der Waals surface area contributed by atoms with Gasteiger partial charge in [-0.3, -0.25) is 10.1 Å². The molecule has 2 unspecified atom stereocenters. The Bertz CT molecular complexity index is 539. The van der Waals surface area contributed by atoms with E-state index < -0.39 is 0 Å². The molecule has 23 heavy (non-hydrogen) atoms.